The van der Waals surface area contributed by atoms with Crippen LogP contribution in [0.2, 0.25) is 0 Å². The molecule has 124 valence electrons. The van der Waals surface area contributed by atoms with Crippen LogP contribution in [0.5, 0.6) is 0 Å². The van der Waals surface area contributed by atoms with Crippen LogP contribution in [0.1, 0.15) is 52.7 Å². The third kappa shape index (κ3) is 3.14. The molecule has 1 aliphatic rings. The fourth-order valence-electron chi connectivity index (χ4n) is 2.83. The molecule has 0 aromatic carbocycles. The Morgan fingerprint density at radius 1 is 1.48 bits per heavy atom. The quantitative estimate of drug-likeness (QED) is 0.786. The van der Waals surface area contributed by atoms with E-state index in [1.54, 1.807) is 6.92 Å². The van der Waals surface area contributed by atoms with E-state index in [-0.39, 0.29) is 11.9 Å². The summed E-state index contributed by atoms with van der Waals surface area (Å²) in [5, 5.41) is 4.05. The fourth-order valence-corrected chi connectivity index (χ4v) is 2.83. The van der Waals surface area contributed by atoms with Crippen molar-refractivity contribution < 1.29 is 18.8 Å². The Kier molecular flexibility index (Phi) is 4.47. The van der Waals surface area contributed by atoms with Gasteiger partial charge in [-0.05, 0) is 33.3 Å². The molecule has 1 fully saturated rings. The maximum atomic E-state index is 12.0. The van der Waals surface area contributed by atoms with Gasteiger partial charge in [-0.2, -0.15) is 4.98 Å². The van der Waals surface area contributed by atoms with Crippen molar-refractivity contribution in [1.29, 1.82) is 0 Å². The SMILES string of the molecule is CCOC(=O)c1cc(C)n(Cc2nc(C3CCOC3)no2)c1C. The second kappa shape index (κ2) is 6.54. The summed E-state index contributed by atoms with van der Waals surface area (Å²) in [6.45, 7) is 7.82. The van der Waals surface area contributed by atoms with Crippen molar-refractivity contribution in [1.82, 2.24) is 14.7 Å². The summed E-state index contributed by atoms with van der Waals surface area (Å²) in [6.07, 6.45) is 0.924. The van der Waals surface area contributed by atoms with Gasteiger partial charge in [0.25, 0.3) is 0 Å². The molecule has 2 aromatic rings. The molecule has 7 nitrogen and oxygen atoms in total. The van der Waals surface area contributed by atoms with Crippen molar-refractivity contribution >= 4 is 5.97 Å². The Balaban J connectivity index is 1.79. The molecule has 1 aliphatic heterocycles. The van der Waals surface area contributed by atoms with E-state index in [1.807, 2.05) is 24.5 Å². The molecule has 3 heterocycles. The number of hydrogen-bond acceptors (Lipinski definition) is 6. The minimum atomic E-state index is -0.304. The van der Waals surface area contributed by atoms with Gasteiger partial charge in [0.15, 0.2) is 5.82 Å². The smallest absolute Gasteiger partial charge is 0.339 e. The van der Waals surface area contributed by atoms with E-state index in [4.69, 9.17) is 14.0 Å². The molecule has 0 spiro atoms. The molecule has 2 aromatic heterocycles. The zero-order chi connectivity index (χ0) is 16.4. The van der Waals surface area contributed by atoms with Gasteiger partial charge >= 0.3 is 5.97 Å². The van der Waals surface area contributed by atoms with E-state index < -0.39 is 0 Å². The van der Waals surface area contributed by atoms with E-state index in [9.17, 15) is 4.79 Å². The van der Waals surface area contributed by atoms with Crippen molar-refractivity contribution in [2.24, 2.45) is 0 Å². The predicted molar refractivity (Wildman–Crippen MR) is 81.4 cm³/mol. The average Bonchev–Trinajstić information content (AvgIpc) is 3.24. The number of carbonyl (C=O) groups excluding carboxylic acids is 1. The van der Waals surface area contributed by atoms with Crippen molar-refractivity contribution in [3.05, 3.63) is 34.7 Å². The summed E-state index contributed by atoms with van der Waals surface area (Å²) in [7, 11) is 0. The van der Waals surface area contributed by atoms with Crippen LogP contribution in [0.15, 0.2) is 10.6 Å². The molecule has 0 saturated carbocycles. The molecular weight excluding hydrogens is 298 g/mol. The third-order valence-corrected chi connectivity index (χ3v) is 4.14. The van der Waals surface area contributed by atoms with Crippen LogP contribution in [0, 0.1) is 13.8 Å². The van der Waals surface area contributed by atoms with Gasteiger partial charge in [-0.15, -0.1) is 0 Å². The molecule has 0 bridgehead atoms. The zero-order valence-corrected chi connectivity index (χ0v) is 13.7. The van der Waals surface area contributed by atoms with Gasteiger partial charge in [0, 0.05) is 23.9 Å². The highest BCUT2D eigenvalue weighted by atomic mass is 16.5. The first kappa shape index (κ1) is 15.7. The van der Waals surface area contributed by atoms with Crippen molar-refractivity contribution in [2.45, 2.75) is 39.7 Å². The molecule has 0 amide bonds. The molecule has 1 atom stereocenters. The van der Waals surface area contributed by atoms with Crippen LogP contribution in [0.25, 0.3) is 0 Å². The number of ether oxygens (including phenoxy) is 2. The number of aromatic nitrogens is 3. The van der Waals surface area contributed by atoms with Gasteiger partial charge < -0.3 is 18.6 Å². The molecule has 1 saturated heterocycles. The summed E-state index contributed by atoms with van der Waals surface area (Å²) in [6, 6.07) is 1.83. The third-order valence-electron chi connectivity index (χ3n) is 4.14. The van der Waals surface area contributed by atoms with Gasteiger partial charge in [-0.3, -0.25) is 0 Å². The highest BCUT2D eigenvalue weighted by molar-refractivity contribution is 5.91. The molecule has 23 heavy (non-hydrogen) atoms. The summed E-state index contributed by atoms with van der Waals surface area (Å²) in [5.74, 6) is 1.14. The summed E-state index contributed by atoms with van der Waals surface area (Å²) < 4.78 is 17.8. The lowest BCUT2D eigenvalue weighted by Crippen LogP contribution is -2.09. The van der Waals surface area contributed by atoms with Crippen molar-refractivity contribution in [2.75, 3.05) is 19.8 Å². The maximum absolute atomic E-state index is 12.0. The van der Waals surface area contributed by atoms with Gasteiger partial charge in [0.2, 0.25) is 5.89 Å². The standard InChI is InChI=1S/C16H21N3O4/c1-4-22-16(20)13-7-10(2)19(11(13)3)8-14-17-15(18-23-14)12-5-6-21-9-12/h7,12H,4-6,8-9H2,1-3H3. The van der Waals surface area contributed by atoms with Crippen molar-refractivity contribution in [3.8, 4) is 0 Å². The van der Waals surface area contributed by atoms with Crippen LogP contribution in [0.4, 0.5) is 0 Å². The summed E-state index contributed by atoms with van der Waals surface area (Å²) >= 11 is 0. The lowest BCUT2D eigenvalue weighted by Gasteiger charge is -2.06. The highest BCUT2D eigenvalue weighted by Gasteiger charge is 2.24. The van der Waals surface area contributed by atoms with Gasteiger partial charge in [0.05, 0.1) is 18.8 Å². The molecule has 3 rings (SSSR count). The Bertz CT molecular complexity index is 698. The number of rotatable bonds is 5. The van der Waals surface area contributed by atoms with E-state index in [0.717, 1.165) is 24.4 Å². The van der Waals surface area contributed by atoms with E-state index in [0.29, 0.717) is 37.0 Å². The Labute approximate surface area is 134 Å². The molecular formula is C16H21N3O4. The highest BCUT2D eigenvalue weighted by Crippen LogP contribution is 2.23. The fraction of sp³-hybridized carbons (Fsp3) is 0.562. The van der Waals surface area contributed by atoms with Crippen LogP contribution in [0.3, 0.4) is 0 Å². The Morgan fingerprint density at radius 3 is 3.00 bits per heavy atom. The van der Waals surface area contributed by atoms with Crippen LogP contribution in [-0.4, -0.2) is 40.5 Å². The topological polar surface area (TPSA) is 79.4 Å². The summed E-state index contributed by atoms with van der Waals surface area (Å²) in [5.41, 5.74) is 2.37. The normalized spacial score (nSPS) is 17.6. The number of esters is 1. The van der Waals surface area contributed by atoms with Gasteiger partial charge in [-0.1, -0.05) is 5.16 Å². The Morgan fingerprint density at radius 2 is 2.30 bits per heavy atom. The molecule has 1 unspecified atom stereocenters. The van der Waals surface area contributed by atoms with Gasteiger partial charge in [0.1, 0.15) is 6.54 Å². The molecule has 0 radical (unpaired) electrons. The van der Waals surface area contributed by atoms with Crippen LogP contribution >= 0.6 is 0 Å². The van der Waals surface area contributed by atoms with E-state index in [2.05, 4.69) is 10.1 Å². The van der Waals surface area contributed by atoms with E-state index in [1.165, 1.54) is 0 Å². The van der Waals surface area contributed by atoms with E-state index >= 15 is 0 Å². The number of carbonyl (C=O) groups is 1. The summed E-state index contributed by atoms with van der Waals surface area (Å²) in [4.78, 5) is 16.4. The Hall–Kier alpha value is -2.15. The second-order valence-electron chi connectivity index (χ2n) is 5.70. The first-order valence-corrected chi connectivity index (χ1v) is 7.84. The number of aryl methyl sites for hydroxylation is 1. The lowest BCUT2D eigenvalue weighted by atomic mass is 10.1. The second-order valence-corrected chi connectivity index (χ2v) is 5.70. The van der Waals surface area contributed by atoms with Crippen LogP contribution in [-0.2, 0) is 16.0 Å². The average molecular weight is 319 g/mol. The van der Waals surface area contributed by atoms with Crippen LogP contribution < -0.4 is 0 Å². The predicted octanol–water partition coefficient (Wildman–Crippen LogP) is 2.22. The minimum absolute atomic E-state index is 0.217. The molecule has 7 heteroatoms. The molecule has 0 aliphatic carbocycles. The monoisotopic (exact) mass is 319 g/mol. The van der Waals surface area contributed by atoms with Gasteiger partial charge in [-0.25, -0.2) is 4.79 Å². The first-order chi connectivity index (χ1) is 11.1. The molecule has 0 N–H and O–H groups in total. The first-order valence-electron chi connectivity index (χ1n) is 7.84. The number of hydrogen-bond donors (Lipinski definition) is 0. The maximum Gasteiger partial charge on any atom is 0.339 e. The number of nitrogens with zero attached hydrogens (tertiary/aromatic N) is 3. The largest absolute Gasteiger partial charge is 0.462 e. The van der Waals surface area contributed by atoms with Crippen molar-refractivity contribution in [3.63, 3.8) is 0 Å². The zero-order valence-electron chi connectivity index (χ0n) is 13.7. The minimum Gasteiger partial charge on any atom is -0.462 e. The lowest BCUT2D eigenvalue weighted by molar-refractivity contribution is 0.0525.